The summed E-state index contributed by atoms with van der Waals surface area (Å²) >= 11 is 0. The van der Waals surface area contributed by atoms with Gasteiger partial charge in [-0.15, -0.1) is 0 Å². The number of ether oxygens (including phenoxy) is 1. The van der Waals surface area contributed by atoms with Crippen LogP contribution in [0.2, 0.25) is 0 Å². The van der Waals surface area contributed by atoms with E-state index in [1.807, 2.05) is 0 Å². The van der Waals surface area contributed by atoms with Crippen LogP contribution in [0.15, 0.2) is 11.2 Å². The van der Waals surface area contributed by atoms with Crippen LogP contribution in [0.3, 0.4) is 0 Å². The van der Waals surface area contributed by atoms with Gasteiger partial charge in [0.15, 0.2) is 0 Å². The van der Waals surface area contributed by atoms with Gasteiger partial charge >= 0.3 is 0 Å². The second kappa shape index (κ2) is 4.76. The Morgan fingerprint density at radius 1 is 1.43 bits per heavy atom. The van der Waals surface area contributed by atoms with E-state index in [4.69, 9.17) is 4.74 Å². The van der Waals surface area contributed by atoms with Gasteiger partial charge in [-0.25, -0.2) is 5.43 Å². The van der Waals surface area contributed by atoms with E-state index in [2.05, 4.69) is 42.7 Å². The number of hydrazone groups is 1. The minimum atomic E-state index is -0.292. The van der Waals surface area contributed by atoms with Gasteiger partial charge in [0.1, 0.15) is 5.75 Å². The van der Waals surface area contributed by atoms with Crippen LogP contribution < -0.4 is 15.5 Å². The van der Waals surface area contributed by atoms with Gasteiger partial charge < -0.3 is 10.1 Å². The minimum Gasteiger partial charge on any atom is -0.493 e. The molecule has 1 aromatic rings. The number of hydrogen-bond donors (Lipinski definition) is 2. The molecule has 2 aliphatic heterocycles. The van der Waals surface area contributed by atoms with Gasteiger partial charge in [0.2, 0.25) is 5.91 Å². The Hall–Kier alpha value is -2.04. The number of carbonyl (C=O) groups excluding carboxylic acids is 1. The number of nitrogens with zero attached hydrogens (tertiary/aromatic N) is 1. The first kappa shape index (κ1) is 13.9. The van der Waals surface area contributed by atoms with Gasteiger partial charge in [0.05, 0.1) is 17.9 Å². The first-order valence-electron chi connectivity index (χ1n) is 7.28. The van der Waals surface area contributed by atoms with E-state index in [1.54, 1.807) is 0 Å². The number of hydrogen-bond acceptors (Lipinski definition) is 4. The number of carbonyl (C=O) groups is 1. The molecule has 2 aliphatic rings. The molecule has 1 aromatic carbocycles. The molecule has 0 aliphatic carbocycles. The molecule has 0 fully saturated rings. The Labute approximate surface area is 124 Å². The molecule has 5 nitrogen and oxygen atoms in total. The van der Waals surface area contributed by atoms with Gasteiger partial charge in [-0.3, -0.25) is 4.79 Å². The third-order valence-electron chi connectivity index (χ3n) is 4.19. The Kier molecular flexibility index (Phi) is 3.15. The molecule has 0 atom stereocenters. The maximum absolute atomic E-state index is 11.1. The highest BCUT2D eigenvalue weighted by atomic mass is 16.5. The Morgan fingerprint density at radius 3 is 2.90 bits per heavy atom. The molecular weight excluding hydrogens is 266 g/mol. The van der Waals surface area contributed by atoms with Crippen molar-refractivity contribution in [3.63, 3.8) is 0 Å². The van der Waals surface area contributed by atoms with Crippen molar-refractivity contribution in [1.82, 2.24) is 5.43 Å². The van der Waals surface area contributed by atoms with Crippen LogP contribution in [0.5, 0.6) is 5.75 Å². The third-order valence-corrected chi connectivity index (χ3v) is 4.19. The van der Waals surface area contributed by atoms with Crippen LogP contribution in [0, 0.1) is 6.92 Å². The number of benzene rings is 1. The van der Waals surface area contributed by atoms with Crippen molar-refractivity contribution in [1.29, 1.82) is 0 Å². The van der Waals surface area contributed by atoms with Crippen molar-refractivity contribution < 1.29 is 9.53 Å². The molecule has 0 radical (unpaired) electrons. The number of aryl methyl sites for hydroxylation is 1. The first-order chi connectivity index (χ1) is 9.88. The van der Waals surface area contributed by atoms with Crippen LogP contribution in [-0.4, -0.2) is 23.8 Å². The molecule has 0 aromatic heterocycles. The molecule has 21 heavy (non-hydrogen) atoms. The number of nitrogens with one attached hydrogen (secondary N) is 2. The molecule has 0 saturated carbocycles. The average Bonchev–Trinajstić information content (AvgIpc) is 2.84. The summed E-state index contributed by atoms with van der Waals surface area (Å²) in [5, 5.41) is 7.88. The zero-order valence-electron chi connectivity index (χ0n) is 13.0. The summed E-state index contributed by atoms with van der Waals surface area (Å²) in [7, 11) is 0. The lowest BCUT2D eigenvalue weighted by molar-refractivity contribution is -0.118. The molecule has 0 spiro atoms. The number of anilines is 1. The highest BCUT2D eigenvalue weighted by Crippen LogP contribution is 2.41. The second-order valence-corrected chi connectivity index (χ2v) is 6.28. The van der Waals surface area contributed by atoms with E-state index in [0.717, 1.165) is 30.9 Å². The predicted octanol–water partition coefficient (Wildman–Crippen LogP) is 2.17. The average molecular weight is 287 g/mol. The molecule has 0 bridgehead atoms. The van der Waals surface area contributed by atoms with Gasteiger partial charge in [-0.2, -0.15) is 5.10 Å². The Balaban J connectivity index is 2.06. The fourth-order valence-electron chi connectivity index (χ4n) is 2.99. The summed E-state index contributed by atoms with van der Waals surface area (Å²) in [5.41, 5.74) is 8.11. The fraction of sp³-hybridized carbons (Fsp3) is 0.500. The maximum Gasteiger partial charge on any atom is 0.236 e. The molecule has 0 unspecified atom stereocenters. The van der Waals surface area contributed by atoms with E-state index in [-0.39, 0.29) is 11.4 Å². The summed E-state index contributed by atoms with van der Waals surface area (Å²) in [6.07, 6.45) is 1.69. The smallest absolute Gasteiger partial charge is 0.236 e. The molecule has 112 valence electrons. The van der Waals surface area contributed by atoms with Crippen LogP contribution in [0.4, 0.5) is 5.69 Å². The predicted molar refractivity (Wildman–Crippen MR) is 83.0 cm³/mol. The lowest BCUT2D eigenvalue weighted by Crippen LogP contribution is -2.46. The van der Waals surface area contributed by atoms with Gasteiger partial charge in [-0.1, -0.05) is 0 Å². The van der Waals surface area contributed by atoms with Gasteiger partial charge in [0, 0.05) is 31.0 Å². The Morgan fingerprint density at radius 2 is 2.19 bits per heavy atom. The van der Waals surface area contributed by atoms with Crippen molar-refractivity contribution >= 4 is 17.3 Å². The normalized spacial score (nSPS) is 20.3. The molecule has 1 amide bonds. The first-order valence-corrected chi connectivity index (χ1v) is 7.28. The molecule has 2 N–H and O–H groups in total. The highest BCUT2D eigenvalue weighted by Gasteiger charge is 2.35. The van der Waals surface area contributed by atoms with Crippen molar-refractivity contribution in [2.24, 2.45) is 5.10 Å². The standard InChI is InChI=1S/C16H21N3O2/c1-9-7-13-11(5-6-21-13)15-12(9)8-14(16(3,4)17-15)19-18-10(2)20/h7,17H,5-6,8H2,1-4H3,(H,18,20)/b19-14+. The minimum absolute atomic E-state index is 0.150. The van der Waals surface area contributed by atoms with E-state index in [0.29, 0.717) is 0 Å². The third kappa shape index (κ3) is 2.37. The van der Waals surface area contributed by atoms with Crippen molar-refractivity contribution in [3.8, 4) is 5.75 Å². The van der Waals surface area contributed by atoms with E-state index in [9.17, 15) is 4.79 Å². The summed E-state index contributed by atoms with van der Waals surface area (Å²) < 4.78 is 5.69. The highest BCUT2D eigenvalue weighted by molar-refractivity contribution is 6.01. The van der Waals surface area contributed by atoms with E-state index >= 15 is 0 Å². The van der Waals surface area contributed by atoms with Crippen LogP contribution in [0.25, 0.3) is 0 Å². The van der Waals surface area contributed by atoms with Crippen LogP contribution in [0.1, 0.15) is 37.5 Å². The topological polar surface area (TPSA) is 62.7 Å². The molecule has 2 heterocycles. The fourth-order valence-corrected chi connectivity index (χ4v) is 2.99. The number of fused-ring (bicyclic) bond motifs is 3. The van der Waals surface area contributed by atoms with Gasteiger partial charge in [0.25, 0.3) is 0 Å². The lowest BCUT2D eigenvalue weighted by atomic mass is 9.83. The van der Waals surface area contributed by atoms with Crippen LogP contribution >= 0.6 is 0 Å². The Bertz CT molecular complexity index is 647. The monoisotopic (exact) mass is 287 g/mol. The van der Waals surface area contributed by atoms with Gasteiger partial charge in [-0.05, 0) is 38.0 Å². The molecule has 5 heteroatoms. The molecule has 0 saturated heterocycles. The summed E-state index contributed by atoms with van der Waals surface area (Å²) in [6.45, 7) is 8.48. The number of amides is 1. The number of rotatable bonds is 1. The summed E-state index contributed by atoms with van der Waals surface area (Å²) in [6, 6.07) is 2.11. The van der Waals surface area contributed by atoms with E-state index < -0.39 is 0 Å². The molecule has 3 rings (SSSR count). The van der Waals surface area contributed by atoms with Crippen molar-refractivity contribution in [3.05, 3.63) is 22.8 Å². The van der Waals surface area contributed by atoms with Crippen LogP contribution in [-0.2, 0) is 17.6 Å². The zero-order chi connectivity index (χ0) is 15.2. The quantitative estimate of drug-likeness (QED) is 0.778. The molecular formula is C16H21N3O2. The van der Waals surface area contributed by atoms with Crippen molar-refractivity contribution in [2.75, 3.05) is 11.9 Å². The zero-order valence-corrected chi connectivity index (χ0v) is 13.0. The summed E-state index contributed by atoms with van der Waals surface area (Å²) in [5.74, 6) is 0.847. The second-order valence-electron chi connectivity index (χ2n) is 6.28. The maximum atomic E-state index is 11.1. The largest absolute Gasteiger partial charge is 0.493 e. The summed E-state index contributed by atoms with van der Waals surface area (Å²) in [4.78, 5) is 11.1. The van der Waals surface area contributed by atoms with Crippen molar-refractivity contribution in [2.45, 2.75) is 46.1 Å². The SMILES string of the molecule is CC(=O)N/N=C1\Cc2c(C)cc3c(c2NC1(C)C)CCO3. The van der Waals surface area contributed by atoms with E-state index in [1.165, 1.54) is 29.3 Å². The lowest BCUT2D eigenvalue weighted by Gasteiger charge is -2.37.